The van der Waals surface area contributed by atoms with Gasteiger partial charge in [-0.15, -0.1) is 0 Å². The third-order valence-corrected chi connectivity index (χ3v) is 19.2. The van der Waals surface area contributed by atoms with Gasteiger partial charge < -0.3 is 19.3 Å². The molecule has 0 saturated carbocycles. The molecule has 4 heteroatoms. The summed E-state index contributed by atoms with van der Waals surface area (Å²) in [6.07, 6.45) is 9.16. The lowest BCUT2D eigenvalue weighted by Gasteiger charge is -2.29. The predicted octanol–water partition coefficient (Wildman–Crippen LogP) is 22.2. The third-order valence-electron chi connectivity index (χ3n) is 19.2. The Balaban J connectivity index is 0.671. The van der Waals surface area contributed by atoms with Crippen molar-refractivity contribution < 1.29 is 9.47 Å². The molecule has 0 radical (unpaired) electrons. The molecule has 0 unspecified atom stereocenters. The number of hydrogen-bond donors (Lipinski definition) is 0. The van der Waals surface area contributed by atoms with E-state index in [4.69, 9.17) is 9.47 Å². The number of fused-ring (bicyclic) bond motifs is 11. The first-order valence-electron chi connectivity index (χ1n) is 30.4. The highest BCUT2D eigenvalue weighted by molar-refractivity contribution is 6.01. The SMILES string of the molecule is COc1ccc(N(c2ccc3c(c2)C(C)(C)c2cc(/C=C/c4ccc5c(c4)C(C)(C)c4cc(/C=C/c6ccc7c(c6)C(C)(C)c6cc(N(c8ccc(OC)cc8)c8cccc9ccccc89)ccc6-7)ccc4-5)ccc2-3)c2cccc3ccccc23)cc1. The maximum Gasteiger partial charge on any atom is 0.119 e. The molecule has 3 aliphatic rings. The summed E-state index contributed by atoms with van der Waals surface area (Å²) in [5.41, 5.74) is 26.8. The van der Waals surface area contributed by atoms with Crippen molar-refractivity contribution in [1.82, 2.24) is 0 Å². The standard InChI is InChI=1S/C83H68N2O2/c1-81(2)73-47-53(23-25-55-29-43-69-71-45-35-61(51-77(71)82(3,4)75(69)49-55)84(59-31-37-63(86-7)38-32-59)79-21-13-17-57-15-9-11-19-65(57)79)27-41-67(73)68-42-28-54(48-74(68)81)24-26-56-30-44-70-72-46-36-62(52-78(72)83(5,6)76(70)50-56)85(60-33-39-64(87-8)40-34-60)80-22-14-18-58-16-10-12-20-66(58)80/h9-52H,1-8H3/b25-23+,26-24+. The number of methoxy groups -OCH3 is 2. The van der Waals surface area contributed by atoms with Crippen molar-refractivity contribution >= 4 is 80.0 Å². The van der Waals surface area contributed by atoms with Gasteiger partial charge in [0.1, 0.15) is 11.5 Å². The lowest BCUT2D eigenvalue weighted by atomic mass is 9.81. The number of hydrogen-bond acceptors (Lipinski definition) is 4. The van der Waals surface area contributed by atoms with Gasteiger partial charge in [0.2, 0.25) is 0 Å². The Kier molecular flexibility index (Phi) is 12.6. The third kappa shape index (κ3) is 8.88. The van der Waals surface area contributed by atoms with E-state index in [0.29, 0.717) is 0 Å². The fourth-order valence-electron chi connectivity index (χ4n) is 14.5. The summed E-state index contributed by atoms with van der Waals surface area (Å²) in [7, 11) is 3.44. The molecule has 3 aliphatic carbocycles. The van der Waals surface area contributed by atoms with Crippen LogP contribution in [0.5, 0.6) is 11.5 Å². The van der Waals surface area contributed by atoms with E-state index < -0.39 is 0 Å². The van der Waals surface area contributed by atoms with E-state index in [-0.39, 0.29) is 16.2 Å². The van der Waals surface area contributed by atoms with Crippen LogP contribution in [0, 0.1) is 0 Å². The minimum atomic E-state index is -0.217. The quantitative estimate of drug-likeness (QED) is 0.114. The molecule has 0 fully saturated rings. The van der Waals surface area contributed by atoms with Crippen LogP contribution in [0.15, 0.2) is 243 Å². The van der Waals surface area contributed by atoms with Crippen molar-refractivity contribution in [2.24, 2.45) is 0 Å². The van der Waals surface area contributed by atoms with Gasteiger partial charge in [0.05, 0.1) is 25.6 Å². The van der Waals surface area contributed by atoms with Gasteiger partial charge in [-0.1, -0.05) is 224 Å². The summed E-state index contributed by atoms with van der Waals surface area (Å²) >= 11 is 0. The second-order valence-corrected chi connectivity index (χ2v) is 25.3. The summed E-state index contributed by atoms with van der Waals surface area (Å²) in [6, 6.07) is 89.3. The lowest BCUT2D eigenvalue weighted by Crippen LogP contribution is -2.17. The molecule has 0 bridgehead atoms. The van der Waals surface area contributed by atoms with Gasteiger partial charge in [-0.3, -0.25) is 0 Å². The highest BCUT2D eigenvalue weighted by Gasteiger charge is 2.39. The Hall–Kier alpha value is -10.2. The topological polar surface area (TPSA) is 24.9 Å². The molecule has 0 aromatic heterocycles. The zero-order chi connectivity index (χ0) is 59.3. The minimum absolute atomic E-state index is 0.171. The van der Waals surface area contributed by atoms with Crippen LogP contribution in [0.25, 0.3) is 79.2 Å². The van der Waals surface area contributed by atoms with Gasteiger partial charge in [0.25, 0.3) is 0 Å². The van der Waals surface area contributed by atoms with E-state index in [0.717, 1.165) is 45.6 Å². The van der Waals surface area contributed by atoms with Crippen molar-refractivity contribution in [2.45, 2.75) is 57.8 Å². The van der Waals surface area contributed by atoms with Gasteiger partial charge in [0, 0.05) is 49.8 Å². The molecule has 87 heavy (non-hydrogen) atoms. The summed E-state index contributed by atoms with van der Waals surface area (Å²) in [5, 5.41) is 4.83. The molecule has 12 aromatic rings. The van der Waals surface area contributed by atoms with Crippen molar-refractivity contribution in [3.8, 4) is 44.9 Å². The molecule has 0 atom stereocenters. The van der Waals surface area contributed by atoms with E-state index in [9.17, 15) is 0 Å². The van der Waals surface area contributed by atoms with Gasteiger partial charge in [-0.2, -0.15) is 0 Å². The van der Waals surface area contributed by atoms with E-state index in [1.54, 1.807) is 14.2 Å². The molecule has 0 spiro atoms. The van der Waals surface area contributed by atoms with Crippen LogP contribution < -0.4 is 19.3 Å². The van der Waals surface area contributed by atoms with Gasteiger partial charge >= 0.3 is 0 Å². The van der Waals surface area contributed by atoms with Crippen LogP contribution in [0.4, 0.5) is 34.1 Å². The monoisotopic (exact) mass is 1120 g/mol. The second kappa shape index (κ2) is 20.5. The van der Waals surface area contributed by atoms with Crippen molar-refractivity contribution in [3.05, 3.63) is 298 Å². The molecule has 15 rings (SSSR count). The van der Waals surface area contributed by atoms with Crippen LogP contribution >= 0.6 is 0 Å². The molecule has 0 N–H and O–H groups in total. The number of anilines is 6. The molecular weight excluding hydrogens is 1060 g/mol. The average Bonchev–Trinajstić information content (AvgIpc) is 1.71. The van der Waals surface area contributed by atoms with E-state index in [2.05, 4.69) is 294 Å². The fraction of sp³-hybridized carbons (Fsp3) is 0.133. The first kappa shape index (κ1) is 53.6. The lowest BCUT2D eigenvalue weighted by molar-refractivity contribution is 0.414. The first-order valence-corrected chi connectivity index (χ1v) is 30.4. The molecule has 0 aliphatic heterocycles. The first-order chi connectivity index (χ1) is 42.3. The summed E-state index contributed by atoms with van der Waals surface area (Å²) in [5.74, 6) is 1.67. The zero-order valence-electron chi connectivity index (χ0n) is 50.6. The Morgan fingerprint density at radius 3 is 0.874 bits per heavy atom. The largest absolute Gasteiger partial charge is 0.497 e. The minimum Gasteiger partial charge on any atom is -0.497 e. The number of rotatable bonds is 12. The summed E-state index contributed by atoms with van der Waals surface area (Å²) in [4.78, 5) is 4.78. The second-order valence-electron chi connectivity index (χ2n) is 25.3. The van der Waals surface area contributed by atoms with Crippen molar-refractivity contribution in [3.63, 3.8) is 0 Å². The number of benzene rings is 12. The normalized spacial score (nSPS) is 14.4. The van der Waals surface area contributed by atoms with Gasteiger partial charge in [0.15, 0.2) is 0 Å². The van der Waals surface area contributed by atoms with Crippen LogP contribution in [-0.4, -0.2) is 14.2 Å². The molecule has 12 aromatic carbocycles. The van der Waals surface area contributed by atoms with E-state index >= 15 is 0 Å². The fourth-order valence-corrected chi connectivity index (χ4v) is 14.5. The van der Waals surface area contributed by atoms with Crippen LogP contribution in [0.1, 0.15) is 97.2 Å². The van der Waals surface area contributed by atoms with Crippen LogP contribution in [0.3, 0.4) is 0 Å². The van der Waals surface area contributed by atoms with Crippen molar-refractivity contribution in [2.75, 3.05) is 24.0 Å². The van der Waals surface area contributed by atoms with E-state index in [1.165, 1.54) is 111 Å². The molecule has 422 valence electrons. The summed E-state index contributed by atoms with van der Waals surface area (Å²) in [6.45, 7) is 14.3. The average molecular weight is 1130 g/mol. The smallest absolute Gasteiger partial charge is 0.119 e. The zero-order valence-corrected chi connectivity index (χ0v) is 50.6. The van der Waals surface area contributed by atoms with Gasteiger partial charge in [-0.05, 0) is 185 Å². The molecule has 0 heterocycles. The number of nitrogens with zero attached hydrogens (tertiary/aromatic N) is 2. The summed E-state index contributed by atoms with van der Waals surface area (Å²) < 4.78 is 11.2. The molecule has 0 amide bonds. The maximum atomic E-state index is 5.58. The predicted molar refractivity (Wildman–Crippen MR) is 367 cm³/mol. The number of ether oxygens (including phenoxy) is 2. The highest BCUT2D eigenvalue weighted by atomic mass is 16.5. The molecule has 4 nitrogen and oxygen atoms in total. The van der Waals surface area contributed by atoms with Gasteiger partial charge in [-0.25, -0.2) is 0 Å². The Morgan fingerprint density at radius 2 is 0.552 bits per heavy atom. The van der Waals surface area contributed by atoms with Crippen LogP contribution in [-0.2, 0) is 16.2 Å². The Morgan fingerprint density at radius 1 is 0.276 bits per heavy atom. The Labute approximate surface area is 511 Å². The van der Waals surface area contributed by atoms with Crippen molar-refractivity contribution in [1.29, 1.82) is 0 Å². The van der Waals surface area contributed by atoms with Crippen LogP contribution in [0.2, 0.25) is 0 Å². The highest BCUT2D eigenvalue weighted by Crippen LogP contribution is 2.55. The van der Waals surface area contributed by atoms with E-state index in [1.807, 2.05) is 24.3 Å². The molecular formula is C83H68N2O2. The maximum absolute atomic E-state index is 5.58. The Bertz CT molecular complexity index is 4490. The molecule has 0 saturated heterocycles.